The molecular weight excluding hydrogens is 294 g/mol. The summed E-state index contributed by atoms with van der Waals surface area (Å²) in [5.41, 5.74) is 2.96. The van der Waals surface area contributed by atoms with Crippen molar-refractivity contribution in [3.05, 3.63) is 50.7 Å². The van der Waals surface area contributed by atoms with Gasteiger partial charge in [-0.3, -0.25) is 4.79 Å². The van der Waals surface area contributed by atoms with Crippen LogP contribution in [0.25, 0.3) is 11.3 Å². The molecule has 0 bridgehead atoms. The van der Waals surface area contributed by atoms with Gasteiger partial charge >= 0.3 is 0 Å². The summed E-state index contributed by atoms with van der Waals surface area (Å²) in [6.45, 7) is 2.00. The molecule has 1 heterocycles. The molecule has 0 spiro atoms. The molecule has 0 amide bonds. The largest absolute Gasteiger partial charge is 0.497 e. The average molecular weight is 308 g/mol. The van der Waals surface area contributed by atoms with Gasteiger partial charge in [0, 0.05) is 12.6 Å². The number of halogens is 1. The maximum atomic E-state index is 11.9. The van der Waals surface area contributed by atoms with Crippen molar-refractivity contribution in [2.45, 2.75) is 6.92 Å². The normalized spacial score (nSPS) is 10.4. The van der Waals surface area contributed by atoms with Gasteiger partial charge in [-0.2, -0.15) is 0 Å². The molecule has 94 valence electrons. The number of nitrogens with zero attached hydrogens (tertiary/aromatic N) is 1. The molecule has 0 fully saturated rings. The van der Waals surface area contributed by atoms with Crippen LogP contribution in [-0.2, 0) is 7.05 Å². The SMILES string of the molecule is COc1ccc(-c2ccc(Br)c(=O)n2C)c(C)c1. The van der Waals surface area contributed by atoms with Gasteiger partial charge in [0.05, 0.1) is 17.3 Å². The Balaban J connectivity index is 2.63. The fraction of sp³-hybridized carbons (Fsp3) is 0.214. The summed E-state index contributed by atoms with van der Waals surface area (Å²) < 4.78 is 7.39. The highest BCUT2D eigenvalue weighted by Gasteiger charge is 2.08. The molecule has 0 radical (unpaired) electrons. The summed E-state index contributed by atoms with van der Waals surface area (Å²) in [6.07, 6.45) is 0. The van der Waals surface area contributed by atoms with Crippen LogP contribution in [0.4, 0.5) is 0 Å². The van der Waals surface area contributed by atoms with Gasteiger partial charge in [-0.15, -0.1) is 0 Å². The Labute approximate surface area is 114 Å². The lowest BCUT2D eigenvalue weighted by atomic mass is 10.0. The van der Waals surface area contributed by atoms with Crippen molar-refractivity contribution >= 4 is 15.9 Å². The lowest BCUT2D eigenvalue weighted by Crippen LogP contribution is -2.18. The van der Waals surface area contributed by atoms with E-state index in [1.807, 2.05) is 31.2 Å². The Kier molecular flexibility index (Phi) is 3.57. The molecule has 2 rings (SSSR count). The molecule has 0 unspecified atom stereocenters. The van der Waals surface area contributed by atoms with Gasteiger partial charge in [-0.1, -0.05) is 0 Å². The van der Waals surface area contributed by atoms with Crippen molar-refractivity contribution in [2.75, 3.05) is 7.11 Å². The number of rotatable bonds is 2. The summed E-state index contributed by atoms with van der Waals surface area (Å²) in [5, 5.41) is 0. The fourth-order valence-corrected chi connectivity index (χ4v) is 2.32. The Morgan fingerprint density at radius 1 is 1.22 bits per heavy atom. The van der Waals surface area contributed by atoms with Crippen LogP contribution < -0.4 is 10.3 Å². The molecule has 18 heavy (non-hydrogen) atoms. The topological polar surface area (TPSA) is 31.2 Å². The van der Waals surface area contributed by atoms with Crippen LogP contribution in [0.3, 0.4) is 0 Å². The summed E-state index contributed by atoms with van der Waals surface area (Å²) in [4.78, 5) is 11.9. The van der Waals surface area contributed by atoms with Crippen molar-refractivity contribution in [3.8, 4) is 17.0 Å². The summed E-state index contributed by atoms with van der Waals surface area (Å²) in [7, 11) is 3.41. The molecule has 1 aromatic carbocycles. The molecule has 4 heteroatoms. The minimum absolute atomic E-state index is 0.0391. The molecule has 0 N–H and O–H groups in total. The molecule has 3 nitrogen and oxygen atoms in total. The number of methoxy groups -OCH3 is 1. The Morgan fingerprint density at radius 3 is 2.56 bits per heavy atom. The van der Waals surface area contributed by atoms with E-state index in [1.54, 1.807) is 24.8 Å². The van der Waals surface area contributed by atoms with Crippen LogP contribution in [0.2, 0.25) is 0 Å². The third-order valence-electron chi connectivity index (χ3n) is 2.97. The molecular formula is C14H14BrNO2. The van der Waals surface area contributed by atoms with Gasteiger partial charge in [-0.05, 0) is 58.7 Å². The second kappa shape index (κ2) is 4.98. The highest BCUT2D eigenvalue weighted by atomic mass is 79.9. The molecule has 2 aromatic rings. The van der Waals surface area contributed by atoms with E-state index in [1.165, 1.54) is 0 Å². The quantitative estimate of drug-likeness (QED) is 0.853. The van der Waals surface area contributed by atoms with Crippen molar-refractivity contribution in [3.63, 3.8) is 0 Å². The second-order valence-electron chi connectivity index (χ2n) is 4.11. The van der Waals surface area contributed by atoms with Gasteiger partial charge in [0.15, 0.2) is 0 Å². The van der Waals surface area contributed by atoms with Crippen LogP contribution in [0.1, 0.15) is 5.56 Å². The van der Waals surface area contributed by atoms with Crippen LogP contribution in [0.5, 0.6) is 5.75 Å². The smallest absolute Gasteiger partial charge is 0.265 e. The first-order valence-corrected chi connectivity index (χ1v) is 6.34. The van der Waals surface area contributed by atoms with E-state index in [-0.39, 0.29) is 5.56 Å². The monoisotopic (exact) mass is 307 g/mol. The predicted octanol–water partition coefficient (Wildman–Crippen LogP) is 3.13. The first-order valence-electron chi connectivity index (χ1n) is 5.55. The van der Waals surface area contributed by atoms with Gasteiger partial charge in [0.25, 0.3) is 5.56 Å². The first-order chi connectivity index (χ1) is 8.54. The molecule has 0 aliphatic rings. The number of aromatic nitrogens is 1. The van der Waals surface area contributed by atoms with Gasteiger partial charge < -0.3 is 9.30 Å². The molecule has 0 aliphatic carbocycles. The molecule has 0 aliphatic heterocycles. The molecule has 0 saturated heterocycles. The fourth-order valence-electron chi connectivity index (χ4n) is 1.93. The zero-order valence-corrected chi connectivity index (χ0v) is 12.1. The summed E-state index contributed by atoms with van der Waals surface area (Å²) in [6, 6.07) is 9.54. The van der Waals surface area contributed by atoms with Crippen LogP contribution in [0.15, 0.2) is 39.6 Å². The van der Waals surface area contributed by atoms with E-state index in [2.05, 4.69) is 15.9 Å². The van der Waals surface area contributed by atoms with E-state index >= 15 is 0 Å². The molecule has 0 saturated carbocycles. The predicted molar refractivity (Wildman–Crippen MR) is 76.1 cm³/mol. The summed E-state index contributed by atoms with van der Waals surface area (Å²) >= 11 is 3.24. The number of ether oxygens (including phenoxy) is 1. The maximum absolute atomic E-state index is 11.9. The van der Waals surface area contributed by atoms with Crippen molar-refractivity contribution < 1.29 is 4.74 Å². The standard InChI is InChI=1S/C14H14BrNO2/c1-9-8-10(18-3)4-5-11(9)13-7-6-12(15)14(17)16(13)2/h4-8H,1-3H3. The number of pyridine rings is 1. The first kappa shape index (κ1) is 12.9. The van der Waals surface area contributed by atoms with E-state index in [4.69, 9.17) is 4.74 Å². The van der Waals surface area contributed by atoms with E-state index in [9.17, 15) is 4.79 Å². The van der Waals surface area contributed by atoms with E-state index < -0.39 is 0 Å². The summed E-state index contributed by atoms with van der Waals surface area (Å²) in [5.74, 6) is 0.818. The Morgan fingerprint density at radius 2 is 1.94 bits per heavy atom. The number of hydrogen-bond donors (Lipinski definition) is 0. The Bertz CT molecular complexity index is 647. The zero-order chi connectivity index (χ0) is 13.3. The third-order valence-corrected chi connectivity index (χ3v) is 3.57. The highest BCUT2D eigenvalue weighted by molar-refractivity contribution is 9.10. The number of hydrogen-bond acceptors (Lipinski definition) is 2. The number of benzene rings is 1. The van der Waals surface area contributed by atoms with Crippen LogP contribution >= 0.6 is 15.9 Å². The van der Waals surface area contributed by atoms with Gasteiger partial charge in [0.2, 0.25) is 0 Å². The third kappa shape index (κ3) is 2.20. The van der Waals surface area contributed by atoms with Crippen molar-refractivity contribution in [1.29, 1.82) is 0 Å². The maximum Gasteiger partial charge on any atom is 0.265 e. The second-order valence-corrected chi connectivity index (χ2v) is 4.97. The minimum Gasteiger partial charge on any atom is -0.497 e. The minimum atomic E-state index is -0.0391. The molecule has 1 aromatic heterocycles. The van der Waals surface area contributed by atoms with Crippen LogP contribution in [0, 0.1) is 6.92 Å². The van der Waals surface area contributed by atoms with E-state index in [0.717, 1.165) is 22.6 Å². The highest BCUT2D eigenvalue weighted by Crippen LogP contribution is 2.26. The number of aryl methyl sites for hydroxylation is 1. The average Bonchev–Trinajstić information content (AvgIpc) is 2.37. The van der Waals surface area contributed by atoms with E-state index in [0.29, 0.717) is 4.47 Å². The van der Waals surface area contributed by atoms with Crippen molar-refractivity contribution in [1.82, 2.24) is 4.57 Å². The Hall–Kier alpha value is -1.55. The lowest BCUT2D eigenvalue weighted by Gasteiger charge is -2.12. The lowest BCUT2D eigenvalue weighted by molar-refractivity contribution is 0.414. The van der Waals surface area contributed by atoms with Gasteiger partial charge in [0.1, 0.15) is 5.75 Å². The van der Waals surface area contributed by atoms with Gasteiger partial charge in [-0.25, -0.2) is 0 Å². The van der Waals surface area contributed by atoms with Crippen LogP contribution in [-0.4, -0.2) is 11.7 Å². The zero-order valence-electron chi connectivity index (χ0n) is 10.5. The van der Waals surface area contributed by atoms with Crippen molar-refractivity contribution in [2.24, 2.45) is 7.05 Å². The molecule has 0 atom stereocenters.